The largest absolute Gasteiger partial charge is 0.298 e. The van der Waals surface area contributed by atoms with Crippen LogP contribution >= 0.6 is 0 Å². The number of nitrogens with zero attached hydrogens (tertiary/aromatic N) is 4. The van der Waals surface area contributed by atoms with Gasteiger partial charge >= 0.3 is 0 Å². The summed E-state index contributed by atoms with van der Waals surface area (Å²) in [4.78, 5) is 11.2. The second-order valence-corrected chi connectivity index (χ2v) is 8.08. The monoisotopic (exact) mass is 336 g/mol. The van der Waals surface area contributed by atoms with Gasteiger partial charge in [0.15, 0.2) is 0 Å². The van der Waals surface area contributed by atoms with Crippen molar-refractivity contribution >= 4 is 0 Å². The molecule has 0 aromatic heterocycles. The Kier molecular flexibility index (Phi) is 6.58. The van der Waals surface area contributed by atoms with Gasteiger partial charge in [-0.3, -0.25) is 19.6 Å². The molecule has 1 aliphatic carbocycles. The highest BCUT2D eigenvalue weighted by Crippen LogP contribution is 2.31. The van der Waals surface area contributed by atoms with Crippen molar-refractivity contribution in [1.29, 1.82) is 0 Å². The zero-order chi connectivity index (χ0) is 17.1. The first kappa shape index (κ1) is 18.6. The summed E-state index contributed by atoms with van der Waals surface area (Å²) in [7, 11) is 0. The Labute approximate surface area is 150 Å². The fourth-order valence-corrected chi connectivity index (χ4v) is 5.16. The van der Waals surface area contributed by atoms with E-state index in [4.69, 9.17) is 0 Å². The molecule has 0 aromatic carbocycles. The number of hydrogen-bond donors (Lipinski definition) is 0. The van der Waals surface area contributed by atoms with Gasteiger partial charge in [0.1, 0.15) is 0 Å². The van der Waals surface area contributed by atoms with Crippen molar-refractivity contribution in [3.05, 3.63) is 0 Å². The predicted molar refractivity (Wildman–Crippen MR) is 103 cm³/mol. The highest BCUT2D eigenvalue weighted by atomic mass is 15.4. The molecule has 0 bridgehead atoms. The van der Waals surface area contributed by atoms with Crippen LogP contribution in [0.2, 0.25) is 0 Å². The molecular formula is C20H40N4. The minimum Gasteiger partial charge on any atom is -0.298 e. The summed E-state index contributed by atoms with van der Waals surface area (Å²) in [6, 6.07) is 3.14. The van der Waals surface area contributed by atoms with Crippen LogP contribution in [0.1, 0.15) is 53.4 Å². The SMILES string of the molecule is CCC(CC)N1CCN(CC)C(C2CN(C3CC3)CCN2CC)C1. The number of hydrogen-bond acceptors (Lipinski definition) is 4. The average molecular weight is 337 g/mol. The molecule has 2 unspecified atom stereocenters. The van der Waals surface area contributed by atoms with Crippen LogP contribution < -0.4 is 0 Å². The molecule has 140 valence electrons. The highest BCUT2D eigenvalue weighted by Gasteiger charge is 2.41. The summed E-state index contributed by atoms with van der Waals surface area (Å²) in [5.41, 5.74) is 0. The van der Waals surface area contributed by atoms with Crippen molar-refractivity contribution in [3.8, 4) is 0 Å². The quantitative estimate of drug-likeness (QED) is 0.707. The first-order valence-electron chi connectivity index (χ1n) is 10.7. The second-order valence-electron chi connectivity index (χ2n) is 8.08. The van der Waals surface area contributed by atoms with E-state index in [-0.39, 0.29) is 0 Å². The first-order chi connectivity index (χ1) is 11.7. The first-order valence-corrected chi connectivity index (χ1v) is 10.7. The minimum atomic E-state index is 0.714. The summed E-state index contributed by atoms with van der Waals surface area (Å²) in [5, 5.41) is 0. The maximum atomic E-state index is 2.81. The number of rotatable bonds is 7. The Hall–Kier alpha value is -0.160. The van der Waals surface area contributed by atoms with E-state index in [1.165, 1.54) is 78.0 Å². The maximum absolute atomic E-state index is 2.81. The standard InChI is InChI=1S/C20H40N4/c1-5-17(6-2)23-13-11-21(7-3)19(15-23)20-16-24(18-9-10-18)14-12-22(20)8-4/h17-20H,5-16H2,1-4H3. The van der Waals surface area contributed by atoms with Crippen molar-refractivity contribution in [2.75, 3.05) is 52.4 Å². The van der Waals surface area contributed by atoms with Gasteiger partial charge < -0.3 is 0 Å². The third-order valence-electron chi connectivity index (χ3n) is 6.91. The van der Waals surface area contributed by atoms with Crippen molar-refractivity contribution in [2.45, 2.75) is 77.5 Å². The summed E-state index contributed by atoms with van der Waals surface area (Å²) in [6.45, 7) is 19.5. The van der Waals surface area contributed by atoms with Gasteiger partial charge in [0.2, 0.25) is 0 Å². The van der Waals surface area contributed by atoms with Gasteiger partial charge in [-0.2, -0.15) is 0 Å². The van der Waals surface area contributed by atoms with Gasteiger partial charge in [0, 0.05) is 63.4 Å². The molecule has 3 rings (SSSR count). The molecule has 3 fully saturated rings. The second kappa shape index (κ2) is 8.48. The molecule has 4 heteroatoms. The van der Waals surface area contributed by atoms with Crippen molar-refractivity contribution in [3.63, 3.8) is 0 Å². The van der Waals surface area contributed by atoms with Gasteiger partial charge in [-0.25, -0.2) is 0 Å². The van der Waals surface area contributed by atoms with E-state index in [0.717, 1.165) is 18.1 Å². The highest BCUT2D eigenvalue weighted by molar-refractivity contribution is 4.99. The minimum absolute atomic E-state index is 0.714. The summed E-state index contributed by atoms with van der Waals surface area (Å²) < 4.78 is 0. The zero-order valence-electron chi connectivity index (χ0n) is 16.6. The molecule has 0 amide bonds. The van der Waals surface area contributed by atoms with E-state index in [2.05, 4.69) is 47.3 Å². The van der Waals surface area contributed by atoms with Crippen molar-refractivity contribution < 1.29 is 0 Å². The third-order valence-corrected chi connectivity index (χ3v) is 6.91. The van der Waals surface area contributed by atoms with Gasteiger partial charge in [0.25, 0.3) is 0 Å². The number of piperazine rings is 2. The van der Waals surface area contributed by atoms with Crippen molar-refractivity contribution in [1.82, 2.24) is 19.6 Å². The van der Waals surface area contributed by atoms with Crippen LogP contribution in [0.4, 0.5) is 0 Å². The Morgan fingerprint density at radius 2 is 1.33 bits per heavy atom. The van der Waals surface area contributed by atoms with E-state index >= 15 is 0 Å². The lowest BCUT2D eigenvalue weighted by Gasteiger charge is -2.52. The molecule has 0 N–H and O–H groups in total. The Balaban J connectivity index is 1.73. The summed E-state index contributed by atoms with van der Waals surface area (Å²) >= 11 is 0. The van der Waals surface area contributed by atoms with Gasteiger partial charge in [-0.05, 0) is 38.8 Å². The molecule has 2 saturated heterocycles. The summed E-state index contributed by atoms with van der Waals surface area (Å²) in [6.07, 6.45) is 5.49. The average Bonchev–Trinajstić information content (AvgIpc) is 3.47. The molecule has 2 aliphatic heterocycles. The molecule has 0 radical (unpaired) electrons. The van der Waals surface area contributed by atoms with Crippen LogP contribution in [0.15, 0.2) is 0 Å². The molecule has 24 heavy (non-hydrogen) atoms. The van der Waals surface area contributed by atoms with Gasteiger partial charge in [-0.1, -0.05) is 27.7 Å². The molecule has 1 saturated carbocycles. The van der Waals surface area contributed by atoms with Crippen LogP contribution in [0, 0.1) is 0 Å². The molecule has 0 aromatic rings. The van der Waals surface area contributed by atoms with Gasteiger partial charge in [-0.15, -0.1) is 0 Å². The van der Waals surface area contributed by atoms with E-state index in [9.17, 15) is 0 Å². The lowest BCUT2D eigenvalue weighted by Crippen LogP contribution is -2.67. The molecule has 2 atom stereocenters. The normalized spacial score (nSPS) is 31.9. The third kappa shape index (κ3) is 3.98. The molecule has 0 spiro atoms. The van der Waals surface area contributed by atoms with E-state index in [1.54, 1.807) is 0 Å². The fourth-order valence-electron chi connectivity index (χ4n) is 5.16. The Bertz CT molecular complexity index is 380. The van der Waals surface area contributed by atoms with Crippen LogP contribution in [0.25, 0.3) is 0 Å². The van der Waals surface area contributed by atoms with Crippen molar-refractivity contribution in [2.24, 2.45) is 0 Å². The van der Waals surface area contributed by atoms with Crippen LogP contribution in [-0.4, -0.2) is 96.1 Å². The van der Waals surface area contributed by atoms with E-state index in [0.29, 0.717) is 6.04 Å². The topological polar surface area (TPSA) is 13.0 Å². The molecule has 3 aliphatic rings. The molecular weight excluding hydrogens is 296 g/mol. The predicted octanol–water partition coefficient (Wildman–Crippen LogP) is 2.35. The Morgan fingerprint density at radius 3 is 1.88 bits per heavy atom. The maximum Gasteiger partial charge on any atom is 0.0391 e. The lowest BCUT2D eigenvalue weighted by molar-refractivity contribution is -0.0297. The van der Waals surface area contributed by atoms with Crippen LogP contribution in [0.3, 0.4) is 0 Å². The fraction of sp³-hybridized carbons (Fsp3) is 1.00. The van der Waals surface area contributed by atoms with E-state index < -0.39 is 0 Å². The molecule has 2 heterocycles. The smallest absolute Gasteiger partial charge is 0.0391 e. The summed E-state index contributed by atoms with van der Waals surface area (Å²) in [5.74, 6) is 0. The van der Waals surface area contributed by atoms with Crippen LogP contribution in [0.5, 0.6) is 0 Å². The Morgan fingerprint density at radius 1 is 0.750 bits per heavy atom. The lowest BCUT2D eigenvalue weighted by atomic mass is 9.96. The van der Waals surface area contributed by atoms with E-state index in [1.807, 2.05) is 0 Å². The van der Waals surface area contributed by atoms with Gasteiger partial charge in [0.05, 0.1) is 0 Å². The van der Waals surface area contributed by atoms with Crippen LogP contribution in [-0.2, 0) is 0 Å². The molecule has 4 nitrogen and oxygen atoms in total. The number of likely N-dealkylation sites (N-methyl/N-ethyl adjacent to an activating group) is 2. The zero-order valence-corrected chi connectivity index (χ0v) is 16.6.